The standard InChI is InChI=1S/C21H21F3IN3O3/c1-21(2,31-20(26)30)8-11-9-28(10-11)19(29)13-4-5-14(22)17(24)18(13)27-16-6-3-12(25)7-15(16)23/h3-7,11,27H,8-10H2,1-2H3,(H2,26,30). The lowest BCUT2D eigenvalue weighted by Crippen LogP contribution is -2.52. The fourth-order valence-electron chi connectivity index (χ4n) is 3.62. The van der Waals surface area contributed by atoms with E-state index in [-0.39, 0.29) is 17.2 Å². The average Bonchev–Trinajstić information content (AvgIpc) is 2.62. The van der Waals surface area contributed by atoms with Crippen molar-refractivity contribution in [3.05, 3.63) is 56.9 Å². The molecular formula is C21H21F3IN3O3. The second kappa shape index (κ2) is 8.93. The van der Waals surface area contributed by atoms with E-state index in [1.54, 1.807) is 19.9 Å². The van der Waals surface area contributed by atoms with Crippen molar-refractivity contribution in [2.45, 2.75) is 25.9 Å². The van der Waals surface area contributed by atoms with Crippen molar-refractivity contribution in [3.63, 3.8) is 0 Å². The van der Waals surface area contributed by atoms with Gasteiger partial charge in [-0.3, -0.25) is 4.79 Å². The highest BCUT2D eigenvalue weighted by atomic mass is 127. The Kier molecular flexibility index (Phi) is 6.68. The normalized spacial score (nSPS) is 14.2. The monoisotopic (exact) mass is 547 g/mol. The summed E-state index contributed by atoms with van der Waals surface area (Å²) in [5, 5.41) is 2.52. The number of carbonyl (C=O) groups is 2. The maximum atomic E-state index is 14.5. The minimum atomic E-state index is -1.27. The molecule has 1 fully saturated rings. The number of benzene rings is 2. The van der Waals surface area contributed by atoms with Gasteiger partial charge in [0.25, 0.3) is 5.91 Å². The number of rotatable bonds is 6. The van der Waals surface area contributed by atoms with Crippen LogP contribution in [-0.4, -0.2) is 35.6 Å². The summed E-state index contributed by atoms with van der Waals surface area (Å²) in [5.41, 5.74) is 3.66. The maximum absolute atomic E-state index is 14.5. The third-order valence-corrected chi connectivity index (χ3v) is 5.59. The van der Waals surface area contributed by atoms with E-state index in [4.69, 9.17) is 10.5 Å². The summed E-state index contributed by atoms with van der Waals surface area (Å²) in [5.74, 6) is -3.55. The molecule has 0 radical (unpaired) electrons. The van der Waals surface area contributed by atoms with Crippen LogP contribution in [0.5, 0.6) is 0 Å². The second-order valence-electron chi connectivity index (χ2n) is 7.99. The first-order valence-corrected chi connectivity index (χ1v) is 10.5. The van der Waals surface area contributed by atoms with E-state index in [2.05, 4.69) is 5.32 Å². The number of halogens is 4. The van der Waals surface area contributed by atoms with Crippen LogP contribution in [0.2, 0.25) is 0 Å². The number of nitrogens with two attached hydrogens (primary N) is 1. The fourth-order valence-corrected chi connectivity index (χ4v) is 4.07. The zero-order chi connectivity index (χ0) is 22.9. The Labute approximate surface area is 191 Å². The van der Waals surface area contributed by atoms with Crippen molar-refractivity contribution in [2.24, 2.45) is 11.7 Å². The topological polar surface area (TPSA) is 84.7 Å². The van der Waals surface area contributed by atoms with Gasteiger partial charge in [-0.1, -0.05) is 0 Å². The Morgan fingerprint density at radius 1 is 1.19 bits per heavy atom. The molecule has 0 aliphatic carbocycles. The molecule has 0 spiro atoms. The van der Waals surface area contributed by atoms with Crippen molar-refractivity contribution < 1.29 is 27.5 Å². The molecule has 6 nitrogen and oxygen atoms in total. The Bertz CT molecular complexity index is 1030. The number of nitrogens with one attached hydrogen (secondary N) is 1. The molecule has 3 rings (SSSR count). The number of ether oxygens (including phenoxy) is 1. The van der Waals surface area contributed by atoms with Crippen molar-refractivity contribution in [1.29, 1.82) is 0 Å². The van der Waals surface area contributed by atoms with E-state index in [1.807, 2.05) is 22.6 Å². The summed E-state index contributed by atoms with van der Waals surface area (Å²) >= 11 is 1.92. The van der Waals surface area contributed by atoms with E-state index in [9.17, 15) is 22.8 Å². The molecule has 31 heavy (non-hydrogen) atoms. The van der Waals surface area contributed by atoms with Gasteiger partial charge in [-0.15, -0.1) is 0 Å². The van der Waals surface area contributed by atoms with E-state index in [1.165, 1.54) is 23.1 Å². The minimum absolute atomic E-state index is 0.0497. The first-order valence-electron chi connectivity index (χ1n) is 9.44. The number of amides is 2. The largest absolute Gasteiger partial charge is 0.444 e. The van der Waals surface area contributed by atoms with Crippen LogP contribution in [0.25, 0.3) is 0 Å². The van der Waals surface area contributed by atoms with E-state index >= 15 is 0 Å². The number of primary amides is 1. The summed E-state index contributed by atoms with van der Waals surface area (Å²) in [7, 11) is 0. The first-order chi connectivity index (χ1) is 14.5. The van der Waals surface area contributed by atoms with Crippen molar-refractivity contribution >= 4 is 46.0 Å². The molecule has 166 valence electrons. The van der Waals surface area contributed by atoms with Gasteiger partial charge in [-0.2, -0.15) is 0 Å². The van der Waals surface area contributed by atoms with Gasteiger partial charge in [0, 0.05) is 16.7 Å². The summed E-state index contributed by atoms with van der Waals surface area (Å²) in [6.45, 7) is 4.13. The van der Waals surface area contributed by atoms with Crippen LogP contribution >= 0.6 is 22.6 Å². The lowest BCUT2D eigenvalue weighted by Gasteiger charge is -2.42. The molecule has 0 saturated carbocycles. The summed E-state index contributed by atoms with van der Waals surface area (Å²) in [6.07, 6.45) is -0.395. The highest BCUT2D eigenvalue weighted by molar-refractivity contribution is 14.1. The molecule has 1 aliphatic heterocycles. The van der Waals surface area contributed by atoms with Crippen molar-refractivity contribution in [2.75, 3.05) is 18.4 Å². The SMILES string of the molecule is CC(C)(CC1CN(C(=O)c2ccc(F)c(F)c2Nc2ccc(I)cc2F)C1)OC(N)=O. The number of hydrogen-bond donors (Lipinski definition) is 2. The highest BCUT2D eigenvalue weighted by Crippen LogP contribution is 2.33. The van der Waals surface area contributed by atoms with Crippen LogP contribution < -0.4 is 11.1 Å². The maximum Gasteiger partial charge on any atom is 0.405 e. The third kappa shape index (κ3) is 5.41. The Morgan fingerprint density at radius 3 is 2.48 bits per heavy atom. The van der Waals surface area contributed by atoms with Gasteiger partial charge in [-0.05, 0) is 79.1 Å². The zero-order valence-electron chi connectivity index (χ0n) is 16.8. The molecule has 1 saturated heterocycles. The number of hydrogen-bond acceptors (Lipinski definition) is 4. The lowest BCUT2D eigenvalue weighted by molar-refractivity contribution is -0.00471. The van der Waals surface area contributed by atoms with Gasteiger partial charge < -0.3 is 20.7 Å². The van der Waals surface area contributed by atoms with Gasteiger partial charge in [-0.25, -0.2) is 18.0 Å². The Morgan fingerprint density at radius 2 is 1.87 bits per heavy atom. The predicted octanol–water partition coefficient (Wildman–Crippen LogP) is 4.79. The predicted molar refractivity (Wildman–Crippen MR) is 118 cm³/mol. The van der Waals surface area contributed by atoms with Gasteiger partial charge in [0.2, 0.25) is 0 Å². The average molecular weight is 547 g/mol. The second-order valence-corrected chi connectivity index (χ2v) is 9.24. The lowest BCUT2D eigenvalue weighted by atomic mass is 9.87. The van der Waals surface area contributed by atoms with Crippen molar-refractivity contribution in [1.82, 2.24) is 4.90 Å². The molecule has 0 atom stereocenters. The quantitative estimate of drug-likeness (QED) is 0.510. The van der Waals surface area contributed by atoms with E-state index in [0.717, 1.165) is 6.07 Å². The van der Waals surface area contributed by atoms with Crippen LogP contribution in [0, 0.1) is 26.9 Å². The molecule has 1 aliphatic rings. The summed E-state index contributed by atoms with van der Waals surface area (Å²) in [6, 6.07) is 6.24. The number of carbonyl (C=O) groups excluding carboxylic acids is 2. The summed E-state index contributed by atoms with van der Waals surface area (Å²) in [4.78, 5) is 25.4. The van der Waals surface area contributed by atoms with Crippen LogP contribution in [0.15, 0.2) is 30.3 Å². The Balaban J connectivity index is 1.77. The van der Waals surface area contributed by atoms with E-state index < -0.39 is 40.7 Å². The zero-order valence-corrected chi connectivity index (χ0v) is 19.0. The highest BCUT2D eigenvalue weighted by Gasteiger charge is 2.37. The van der Waals surface area contributed by atoms with Gasteiger partial charge in [0.15, 0.2) is 11.6 Å². The van der Waals surface area contributed by atoms with E-state index in [0.29, 0.717) is 23.1 Å². The molecule has 2 aromatic rings. The minimum Gasteiger partial charge on any atom is -0.444 e. The number of likely N-dealkylation sites (tertiary alicyclic amines) is 1. The molecule has 0 bridgehead atoms. The van der Waals surface area contributed by atoms with Crippen molar-refractivity contribution in [3.8, 4) is 0 Å². The van der Waals surface area contributed by atoms with Crippen LogP contribution in [0.4, 0.5) is 29.3 Å². The molecule has 10 heteroatoms. The number of anilines is 2. The van der Waals surface area contributed by atoms with Crippen LogP contribution in [0.1, 0.15) is 30.6 Å². The van der Waals surface area contributed by atoms with Gasteiger partial charge >= 0.3 is 6.09 Å². The molecule has 1 heterocycles. The number of nitrogens with zero attached hydrogens (tertiary/aromatic N) is 1. The smallest absolute Gasteiger partial charge is 0.405 e. The van der Waals surface area contributed by atoms with Crippen LogP contribution in [0.3, 0.4) is 0 Å². The molecule has 0 unspecified atom stereocenters. The molecular weight excluding hydrogens is 526 g/mol. The molecule has 0 aromatic heterocycles. The summed E-state index contributed by atoms with van der Waals surface area (Å²) < 4.78 is 48.3. The first kappa shape index (κ1) is 23.2. The molecule has 2 aromatic carbocycles. The fraction of sp³-hybridized carbons (Fsp3) is 0.333. The van der Waals surface area contributed by atoms with Gasteiger partial charge in [0.05, 0.1) is 16.9 Å². The Hall–Kier alpha value is -2.50. The third-order valence-electron chi connectivity index (χ3n) is 4.92. The molecule has 2 amide bonds. The van der Waals surface area contributed by atoms with Crippen LogP contribution in [-0.2, 0) is 4.74 Å². The van der Waals surface area contributed by atoms with Gasteiger partial charge in [0.1, 0.15) is 11.4 Å². The molecule has 3 N–H and O–H groups in total.